The third-order valence-electron chi connectivity index (χ3n) is 10.2. The maximum atomic E-state index is 6.82. The zero-order valence-corrected chi connectivity index (χ0v) is 27.9. The number of benzene rings is 8. The van der Waals surface area contributed by atoms with Gasteiger partial charge in [-0.15, -0.1) is 0 Å². The topological polar surface area (TPSA) is 56.7 Å². The van der Waals surface area contributed by atoms with Crippen LogP contribution in [0.1, 0.15) is 0 Å². The van der Waals surface area contributed by atoms with Crippen LogP contribution in [0.5, 0.6) is 0 Å². The smallest absolute Gasteiger partial charge is 0.167 e. The molecule has 0 saturated carbocycles. The van der Waals surface area contributed by atoms with Crippen molar-refractivity contribution in [2.75, 3.05) is 0 Å². The van der Waals surface area contributed by atoms with Gasteiger partial charge in [-0.1, -0.05) is 127 Å². The van der Waals surface area contributed by atoms with E-state index in [1.807, 2.05) is 72.8 Å². The first-order valence-electron chi connectivity index (χ1n) is 17.4. The SMILES string of the molecule is c1ccc(-c2nc(-c3ccccc3)nc(-c3ccc(-n4c5cc6ccccc6cc5c5cc6ccccc6cc54)c4c3oc3ccccc34)n2)cc1. The summed E-state index contributed by atoms with van der Waals surface area (Å²) in [6.07, 6.45) is 0. The highest BCUT2D eigenvalue weighted by Crippen LogP contribution is 2.43. The van der Waals surface area contributed by atoms with E-state index in [0.29, 0.717) is 17.5 Å². The van der Waals surface area contributed by atoms with E-state index in [-0.39, 0.29) is 0 Å². The van der Waals surface area contributed by atoms with Crippen LogP contribution in [-0.2, 0) is 0 Å². The average molecular weight is 665 g/mol. The first-order chi connectivity index (χ1) is 25.8. The molecular weight excluding hydrogens is 637 g/mol. The molecule has 0 atom stereocenters. The van der Waals surface area contributed by atoms with E-state index in [1.54, 1.807) is 0 Å². The lowest BCUT2D eigenvalue weighted by molar-refractivity contribution is 0.669. The Morgan fingerprint density at radius 2 is 0.885 bits per heavy atom. The molecule has 242 valence electrons. The molecule has 11 rings (SSSR count). The average Bonchev–Trinajstić information content (AvgIpc) is 3.75. The minimum absolute atomic E-state index is 0.558. The van der Waals surface area contributed by atoms with Crippen molar-refractivity contribution in [3.8, 4) is 39.9 Å². The Morgan fingerprint density at radius 1 is 0.404 bits per heavy atom. The molecule has 0 fully saturated rings. The van der Waals surface area contributed by atoms with Crippen LogP contribution in [0.2, 0.25) is 0 Å². The Bertz CT molecular complexity index is 3030. The van der Waals surface area contributed by atoms with Crippen LogP contribution in [0.25, 0.3) is 105 Å². The Balaban J connectivity index is 1.25. The summed E-state index contributed by atoms with van der Waals surface area (Å²) in [5.41, 5.74) is 7.51. The molecule has 0 radical (unpaired) electrons. The lowest BCUT2D eigenvalue weighted by Crippen LogP contribution is -2.01. The molecule has 0 unspecified atom stereocenters. The molecule has 5 nitrogen and oxygen atoms in total. The van der Waals surface area contributed by atoms with Crippen molar-refractivity contribution >= 4 is 65.3 Å². The van der Waals surface area contributed by atoms with Gasteiger partial charge in [0.25, 0.3) is 0 Å². The van der Waals surface area contributed by atoms with Crippen LogP contribution in [0, 0.1) is 0 Å². The number of aromatic nitrogens is 4. The first-order valence-corrected chi connectivity index (χ1v) is 17.4. The van der Waals surface area contributed by atoms with E-state index in [2.05, 4.69) is 102 Å². The first kappa shape index (κ1) is 28.7. The predicted octanol–water partition coefficient (Wildman–Crippen LogP) is 12.2. The van der Waals surface area contributed by atoms with Crippen molar-refractivity contribution in [3.05, 3.63) is 170 Å². The number of nitrogens with zero attached hydrogens (tertiary/aromatic N) is 4. The molecule has 0 amide bonds. The van der Waals surface area contributed by atoms with E-state index in [0.717, 1.165) is 55.3 Å². The summed E-state index contributed by atoms with van der Waals surface area (Å²) in [7, 11) is 0. The van der Waals surface area contributed by atoms with Crippen LogP contribution in [0.15, 0.2) is 174 Å². The van der Waals surface area contributed by atoms with Crippen molar-refractivity contribution in [2.24, 2.45) is 0 Å². The molecule has 0 spiro atoms. The van der Waals surface area contributed by atoms with Crippen molar-refractivity contribution in [1.82, 2.24) is 19.5 Å². The molecule has 0 saturated heterocycles. The molecule has 0 aliphatic heterocycles. The van der Waals surface area contributed by atoms with E-state index in [4.69, 9.17) is 19.4 Å². The van der Waals surface area contributed by atoms with E-state index in [9.17, 15) is 0 Å². The molecule has 0 N–H and O–H groups in total. The van der Waals surface area contributed by atoms with Crippen molar-refractivity contribution in [1.29, 1.82) is 0 Å². The fraction of sp³-hybridized carbons (Fsp3) is 0. The van der Waals surface area contributed by atoms with Crippen LogP contribution < -0.4 is 0 Å². The third-order valence-corrected chi connectivity index (χ3v) is 10.2. The van der Waals surface area contributed by atoms with Crippen LogP contribution in [0.3, 0.4) is 0 Å². The molecule has 3 heterocycles. The number of para-hydroxylation sites is 1. The lowest BCUT2D eigenvalue weighted by Gasteiger charge is -2.13. The van der Waals surface area contributed by atoms with Crippen LogP contribution in [-0.4, -0.2) is 19.5 Å². The van der Waals surface area contributed by atoms with Gasteiger partial charge in [0.2, 0.25) is 0 Å². The zero-order valence-electron chi connectivity index (χ0n) is 27.9. The molecule has 0 bridgehead atoms. The van der Waals surface area contributed by atoms with Gasteiger partial charge in [-0.05, 0) is 64.0 Å². The molecular formula is C47H28N4O. The molecule has 52 heavy (non-hydrogen) atoms. The summed E-state index contributed by atoms with van der Waals surface area (Å²) in [4.78, 5) is 15.1. The number of fused-ring (bicyclic) bond motifs is 8. The van der Waals surface area contributed by atoms with Gasteiger partial charge in [-0.25, -0.2) is 15.0 Å². The van der Waals surface area contributed by atoms with E-state index >= 15 is 0 Å². The van der Waals surface area contributed by atoms with Gasteiger partial charge in [-0.3, -0.25) is 0 Å². The monoisotopic (exact) mass is 664 g/mol. The summed E-state index contributed by atoms with van der Waals surface area (Å²) >= 11 is 0. The Morgan fingerprint density at radius 3 is 1.46 bits per heavy atom. The van der Waals surface area contributed by atoms with Gasteiger partial charge in [0.15, 0.2) is 17.5 Å². The van der Waals surface area contributed by atoms with Gasteiger partial charge in [0.05, 0.1) is 27.7 Å². The van der Waals surface area contributed by atoms with E-state index < -0.39 is 0 Å². The molecule has 0 aliphatic rings. The number of hydrogen-bond acceptors (Lipinski definition) is 4. The number of rotatable bonds is 4. The van der Waals surface area contributed by atoms with Crippen molar-refractivity contribution in [3.63, 3.8) is 0 Å². The number of furan rings is 1. The summed E-state index contributed by atoms with van der Waals surface area (Å²) in [6, 6.07) is 59.2. The quantitative estimate of drug-likeness (QED) is 0.188. The van der Waals surface area contributed by atoms with Gasteiger partial charge >= 0.3 is 0 Å². The summed E-state index contributed by atoms with van der Waals surface area (Å²) < 4.78 is 9.23. The molecule has 0 aliphatic carbocycles. The predicted molar refractivity (Wildman–Crippen MR) is 213 cm³/mol. The summed E-state index contributed by atoms with van der Waals surface area (Å²) in [5, 5.41) is 9.29. The van der Waals surface area contributed by atoms with E-state index in [1.165, 1.54) is 32.3 Å². The Hall–Kier alpha value is -7.11. The molecule has 3 aromatic heterocycles. The van der Waals surface area contributed by atoms with Gasteiger partial charge in [0, 0.05) is 27.3 Å². The standard InChI is InChI=1S/C47H28N4O/c1-3-13-29(14-4-1)45-48-46(30-15-5-2-6-16-30)50-47(49-45)36-23-24-39(43-35-21-11-12-22-42(35)52-44(36)43)51-40-27-33-19-9-7-17-31(33)25-37(40)38-26-32-18-8-10-20-34(32)28-41(38)51/h1-28H. The fourth-order valence-electron chi connectivity index (χ4n) is 7.75. The number of hydrogen-bond donors (Lipinski definition) is 0. The van der Waals surface area contributed by atoms with Crippen LogP contribution in [0.4, 0.5) is 0 Å². The second-order valence-electron chi connectivity index (χ2n) is 13.2. The van der Waals surface area contributed by atoms with Gasteiger partial charge < -0.3 is 8.98 Å². The maximum Gasteiger partial charge on any atom is 0.167 e. The zero-order chi connectivity index (χ0) is 34.2. The van der Waals surface area contributed by atoms with Gasteiger partial charge in [-0.2, -0.15) is 0 Å². The summed E-state index contributed by atoms with van der Waals surface area (Å²) in [5.74, 6) is 1.78. The molecule has 8 aromatic carbocycles. The summed E-state index contributed by atoms with van der Waals surface area (Å²) in [6.45, 7) is 0. The highest BCUT2D eigenvalue weighted by molar-refractivity contribution is 6.20. The lowest BCUT2D eigenvalue weighted by atomic mass is 10.0. The molecule has 5 heteroatoms. The van der Waals surface area contributed by atoms with Crippen molar-refractivity contribution < 1.29 is 4.42 Å². The Labute approximate surface area is 298 Å². The highest BCUT2D eigenvalue weighted by atomic mass is 16.3. The normalized spacial score (nSPS) is 11.8. The third kappa shape index (κ3) is 4.39. The second kappa shape index (κ2) is 11.2. The Kier molecular flexibility index (Phi) is 6.18. The fourth-order valence-corrected chi connectivity index (χ4v) is 7.75. The second-order valence-corrected chi connectivity index (χ2v) is 13.2. The molecule has 11 aromatic rings. The largest absolute Gasteiger partial charge is 0.455 e. The van der Waals surface area contributed by atoms with Gasteiger partial charge in [0.1, 0.15) is 11.2 Å². The highest BCUT2D eigenvalue weighted by Gasteiger charge is 2.23. The van der Waals surface area contributed by atoms with Crippen LogP contribution >= 0.6 is 0 Å². The minimum Gasteiger partial charge on any atom is -0.455 e. The van der Waals surface area contributed by atoms with Crippen molar-refractivity contribution in [2.45, 2.75) is 0 Å². The maximum absolute atomic E-state index is 6.82. The minimum atomic E-state index is 0.558.